The molecule has 0 aliphatic rings. The molecule has 0 aliphatic heterocycles. The van der Waals surface area contributed by atoms with Crippen molar-refractivity contribution in [2.45, 2.75) is 45.2 Å². The van der Waals surface area contributed by atoms with Gasteiger partial charge in [-0.2, -0.15) is 0 Å². The second-order valence-corrected chi connectivity index (χ2v) is 5.17. The Morgan fingerprint density at radius 1 is 1.39 bits per heavy atom. The molecule has 1 aromatic rings. The summed E-state index contributed by atoms with van der Waals surface area (Å²) >= 11 is 0. The van der Waals surface area contributed by atoms with Gasteiger partial charge in [-0.3, -0.25) is 4.79 Å². The summed E-state index contributed by atoms with van der Waals surface area (Å²) in [7, 11) is 1.82. The second kappa shape index (κ2) is 6.01. The van der Waals surface area contributed by atoms with Gasteiger partial charge in [-0.25, -0.2) is 0 Å². The molecule has 0 spiro atoms. The van der Waals surface area contributed by atoms with Crippen LogP contribution in [0.1, 0.15) is 45.2 Å². The molecule has 2 unspecified atom stereocenters. The summed E-state index contributed by atoms with van der Waals surface area (Å²) in [5.74, 6) is 0.000651. The molecular weight excluding hydrogens is 224 g/mol. The summed E-state index contributed by atoms with van der Waals surface area (Å²) < 4.78 is 0. The number of hydrogen-bond acceptors (Lipinski definition) is 2. The van der Waals surface area contributed by atoms with E-state index in [1.165, 1.54) is 0 Å². The Bertz CT molecular complexity index is 387. The lowest BCUT2D eigenvalue weighted by atomic mass is 9.94. The number of nitrogens with two attached hydrogens (primary N) is 1. The van der Waals surface area contributed by atoms with E-state index >= 15 is 0 Å². The van der Waals surface area contributed by atoms with Crippen LogP contribution in [0.3, 0.4) is 0 Å². The van der Waals surface area contributed by atoms with Crippen LogP contribution in [0, 0.1) is 0 Å². The average Bonchev–Trinajstić information content (AvgIpc) is 2.37. The highest BCUT2D eigenvalue weighted by Gasteiger charge is 2.32. The highest BCUT2D eigenvalue weighted by atomic mass is 16.2. The third-order valence-electron chi connectivity index (χ3n) is 3.44. The molecule has 0 aliphatic carbocycles. The molecule has 1 aromatic carbocycles. The fraction of sp³-hybridized carbons (Fsp3) is 0.533. The van der Waals surface area contributed by atoms with Crippen molar-refractivity contribution in [3.8, 4) is 0 Å². The number of carbonyl (C=O) groups is 1. The lowest BCUT2D eigenvalue weighted by molar-refractivity contribution is -0.137. The Morgan fingerprint density at radius 2 is 1.94 bits per heavy atom. The highest BCUT2D eigenvalue weighted by molar-refractivity contribution is 5.85. The molecule has 0 saturated heterocycles. The molecule has 1 amide bonds. The van der Waals surface area contributed by atoms with Gasteiger partial charge in [-0.05, 0) is 25.8 Å². The quantitative estimate of drug-likeness (QED) is 0.871. The van der Waals surface area contributed by atoms with Crippen LogP contribution in [0.2, 0.25) is 0 Å². The molecule has 100 valence electrons. The smallest absolute Gasteiger partial charge is 0.242 e. The van der Waals surface area contributed by atoms with Gasteiger partial charge in [0.05, 0.1) is 11.6 Å². The molecule has 18 heavy (non-hydrogen) atoms. The highest BCUT2D eigenvalue weighted by Crippen LogP contribution is 2.22. The summed E-state index contributed by atoms with van der Waals surface area (Å²) in [5, 5.41) is 0. The van der Waals surface area contributed by atoms with Gasteiger partial charge in [0.25, 0.3) is 0 Å². The molecule has 0 heterocycles. The topological polar surface area (TPSA) is 46.3 Å². The van der Waals surface area contributed by atoms with E-state index in [1.54, 1.807) is 4.90 Å². The first-order chi connectivity index (χ1) is 8.40. The summed E-state index contributed by atoms with van der Waals surface area (Å²) in [4.78, 5) is 14.1. The molecule has 2 N–H and O–H groups in total. The number of amides is 1. The largest absolute Gasteiger partial charge is 0.337 e. The predicted octanol–water partition coefficient (Wildman–Crippen LogP) is 2.72. The maximum Gasteiger partial charge on any atom is 0.242 e. The molecule has 1 rings (SSSR count). The zero-order valence-corrected chi connectivity index (χ0v) is 11.8. The molecule has 0 bridgehead atoms. The first-order valence-corrected chi connectivity index (χ1v) is 6.51. The van der Waals surface area contributed by atoms with Crippen molar-refractivity contribution in [3.63, 3.8) is 0 Å². The van der Waals surface area contributed by atoms with Crippen molar-refractivity contribution in [2.75, 3.05) is 7.05 Å². The summed E-state index contributed by atoms with van der Waals surface area (Å²) in [6.45, 7) is 5.88. The second-order valence-electron chi connectivity index (χ2n) is 5.17. The minimum Gasteiger partial charge on any atom is -0.337 e. The lowest BCUT2D eigenvalue weighted by Gasteiger charge is -2.33. The minimum absolute atomic E-state index is 0.000651. The van der Waals surface area contributed by atoms with Crippen LogP contribution in [0.25, 0.3) is 0 Å². The van der Waals surface area contributed by atoms with Crippen molar-refractivity contribution in [1.29, 1.82) is 0 Å². The van der Waals surface area contributed by atoms with Gasteiger partial charge in [0, 0.05) is 7.05 Å². The number of rotatable bonds is 5. The monoisotopic (exact) mass is 248 g/mol. The average molecular weight is 248 g/mol. The first kappa shape index (κ1) is 14.7. The number of carbonyl (C=O) groups excluding carboxylic acids is 1. The Labute approximate surface area is 110 Å². The zero-order chi connectivity index (χ0) is 13.8. The molecular formula is C15H24N2O. The van der Waals surface area contributed by atoms with E-state index in [0.717, 1.165) is 12.0 Å². The molecule has 0 saturated carbocycles. The van der Waals surface area contributed by atoms with Crippen molar-refractivity contribution >= 4 is 5.91 Å². The number of hydrogen-bond donors (Lipinski definition) is 1. The number of likely N-dealkylation sites (N-methyl/N-ethyl adjacent to an activating group) is 1. The van der Waals surface area contributed by atoms with Crippen molar-refractivity contribution in [1.82, 2.24) is 4.90 Å². The van der Waals surface area contributed by atoms with Crippen LogP contribution in [-0.2, 0) is 4.79 Å². The van der Waals surface area contributed by atoms with Crippen LogP contribution < -0.4 is 5.73 Å². The maximum atomic E-state index is 12.4. The lowest BCUT2D eigenvalue weighted by Crippen LogP contribution is -2.52. The standard InChI is InChI=1S/C15H24N2O/c1-5-11-15(3,16)14(18)17(4)12(2)13-9-7-6-8-10-13/h6-10,12H,5,11,16H2,1-4H3. The number of benzene rings is 1. The van der Waals surface area contributed by atoms with Crippen molar-refractivity contribution in [2.24, 2.45) is 5.73 Å². The Balaban J connectivity index is 2.81. The predicted molar refractivity (Wildman–Crippen MR) is 75.1 cm³/mol. The van der Waals surface area contributed by atoms with Gasteiger partial charge in [-0.15, -0.1) is 0 Å². The van der Waals surface area contributed by atoms with Crippen molar-refractivity contribution < 1.29 is 4.79 Å². The Hall–Kier alpha value is -1.35. The molecule has 3 heteroatoms. The van der Waals surface area contributed by atoms with Gasteiger partial charge < -0.3 is 10.6 Å². The van der Waals surface area contributed by atoms with Crippen LogP contribution in [-0.4, -0.2) is 23.4 Å². The van der Waals surface area contributed by atoms with Crippen LogP contribution >= 0.6 is 0 Å². The molecule has 3 nitrogen and oxygen atoms in total. The van der Waals surface area contributed by atoms with E-state index in [0.29, 0.717) is 6.42 Å². The maximum absolute atomic E-state index is 12.4. The van der Waals surface area contributed by atoms with Gasteiger partial charge >= 0.3 is 0 Å². The first-order valence-electron chi connectivity index (χ1n) is 6.51. The van der Waals surface area contributed by atoms with Gasteiger partial charge in [0.1, 0.15) is 0 Å². The van der Waals surface area contributed by atoms with E-state index in [2.05, 4.69) is 0 Å². The fourth-order valence-corrected chi connectivity index (χ4v) is 2.16. The van der Waals surface area contributed by atoms with Gasteiger partial charge in [0.15, 0.2) is 0 Å². The Kier molecular flexibility index (Phi) is 4.91. The SMILES string of the molecule is CCCC(C)(N)C(=O)N(C)C(C)c1ccccc1. The van der Waals surface area contributed by atoms with Crippen molar-refractivity contribution in [3.05, 3.63) is 35.9 Å². The minimum atomic E-state index is -0.771. The summed E-state index contributed by atoms with van der Waals surface area (Å²) in [6, 6.07) is 10.0. The molecule has 0 fully saturated rings. The summed E-state index contributed by atoms with van der Waals surface area (Å²) in [6.07, 6.45) is 1.62. The zero-order valence-electron chi connectivity index (χ0n) is 11.8. The fourth-order valence-electron chi connectivity index (χ4n) is 2.16. The van der Waals surface area contributed by atoms with Crippen LogP contribution in [0.5, 0.6) is 0 Å². The van der Waals surface area contributed by atoms with E-state index in [4.69, 9.17) is 5.73 Å². The summed E-state index contributed by atoms with van der Waals surface area (Å²) in [5.41, 5.74) is 6.45. The Morgan fingerprint density at radius 3 is 2.44 bits per heavy atom. The molecule has 0 radical (unpaired) electrons. The van der Waals surface area contributed by atoms with E-state index in [-0.39, 0.29) is 11.9 Å². The molecule has 2 atom stereocenters. The van der Waals surface area contributed by atoms with E-state index < -0.39 is 5.54 Å². The van der Waals surface area contributed by atoms with Gasteiger partial charge in [0.2, 0.25) is 5.91 Å². The third kappa shape index (κ3) is 3.33. The van der Waals surface area contributed by atoms with Crippen LogP contribution in [0.4, 0.5) is 0 Å². The third-order valence-corrected chi connectivity index (χ3v) is 3.44. The van der Waals surface area contributed by atoms with E-state index in [1.807, 2.05) is 58.2 Å². The van der Waals surface area contributed by atoms with E-state index in [9.17, 15) is 4.79 Å². The number of nitrogens with zero attached hydrogens (tertiary/aromatic N) is 1. The normalized spacial score (nSPS) is 15.8. The van der Waals surface area contributed by atoms with Crippen LogP contribution in [0.15, 0.2) is 30.3 Å². The molecule has 0 aromatic heterocycles. The van der Waals surface area contributed by atoms with Gasteiger partial charge in [-0.1, -0.05) is 43.7 Å².